The third-order valence-electron chi connectivity index (χ3n) is 1.56. The molecule has 1 rings (SSSR count). The van der Waals surface area contributed by atoms with Gasteiger partial charge in [-0.15, -0.1) is 0 Å². The standard InChI is InChI=1S/C6HF7O4.Na.H2O/c7-2-1(5(8,9)10)16-4(17-2,3(14)15)6(11,12)13;;/h(H,14,15);;1H2/q;+1;/p-1. The first-order valence-corrected chi connectivity index (χ1v) is 3.55. The molecule has 1 aliphatic heterocycles. The number of alkyl halides is 6. The van der Waals surface area contributed by atoms with Crippen molar-refractivity contribution in [3.8, 4) is 0 Å². The van der Waals surface area contributed by atoms with Gasteiger partial charge in [0, 0.05) is 0 Å². The van der Waals surface area contributed by atoms with Gasteiger partial charge in [0.05, 0.1) is 0 Å². The molecule has 0 aromatic heterocycles. The van der Waals surface area contributed by atoms with Crippen LogP contribution in [0.5, 0.6) is 0 Å². The van der Waals surface area contributed by atoms with Gasteiger partial charge >= 0.3 is 53.7 Å². The number of carboxylic acids is 1. The monoisotopic (exact) mass is 310 g/mol. The molecule has 0 bridgehead atoms. The Morgan fingerprint density at radius 3 is 1.68 bits per heavy atom. The number of carbonyl (C=O) groups is 1. The zero-order chi connectivity index (χ0) is 13.6. The second-order valence-electron chi connectivity index (χ2n) is 2.71. The first-order valence-electron chi connectivity index (χ1n) is 3.55. The molecule has 0 spiro atoms. The van der Waals surface area contributed by atoms with Crippen molar-refractivity contribution in [2.45, 2.75) is 18.1 Å². The van der Waals surface area contributed by atoms with Crippen molar-refractivity contribution in [3.63, 3.8) is 0 Å². The summed E-state index contributed by atoms with van der Waals surface area (Å²) in [6.45, 7) is 0. The van der Waals surface area contributed by atoms with E-state index in [2.05, 4.69) is 9.47 Å². The Morgan fingerprint density at radius 1 is 1.11 bits per heavy atom. The summed E-state index contributed by atoms with van der Waals surface area (Å²) in [5.41, 5.74) is 0. The minimum Gasteiger partial charge on any atom is -0.542 e. The van der Waals surface area contributed by atoms with E-state index >= 15 is 0 Å². The van der Waals surface area contributed by atoms with Gasteiger partial charge in [0.25, 0.3) is 5.76 Å². The smallest absolute Gasteiger partial charge is 0.542 e. The topological polar surface area (TPSA) is 90.1 Å². The van der Waals surface area contributed by atoms with Gasteiger partial charge in [-0.05, 0) is 0 Å². The van der Waals surface area contributed by atoms with Gasteiger partial charge in [0.2, 0.25) is 0 Å². The summed E-state index contributed by atoms with van der Waals surface area (Å²) in [7, 11) is 0. The molecule has 13 heteroatoms. The third kappa shape index (κ3) is 3.43. The Labute approximate surface area is 121 Å². The largest absolute Gasteiger partial charge is 1.00 e. The number of hydrogen-bond donors (Lipinski definition) is 0. The molecule has 0 aromatic rings. The Bertz CT molecular complexity index is 388. The maximum atomic E-state index is 12.5. The molecule has 0 amide bonds. The van der Waals surface area contributed by atoms with Crippen LogP contribution in [-0.2, 0) is 14.3 Å². The third-order valence-corrected chi connectivity index (χ3v) is 1.56. The van der Waals surface area contributed by atoms with E-state index in [9.17, 15) is 40.6 Å². The number of hydrogen-bond acceptors (Lipinski definition) is 4. The average Bonchev–Trinajstić information content (AvgIpc) is 2.41. The van der Waals surface area contributed by atoms with Crippen molar-refractivity contribution in [2.24, 2.45) is 0 Å². The minimum absolute atomic E-state index is 0. The molecule has 19 heavy (non-hydrogen) atoms. The molecule has 0 saturated carbocycles. The Hall–Kier alpha value is -0.720. The molecular weight excluding hydrogens is 308 g/mol. The van der Waals surface area contributed by atoms with Crippen molar-refractivity contribution in [2.75, 3.05) is 0 Å². The molecule has 0 radical (unpaired) electrons. The molecule has 1 heterocycles. The maximum Gasteiger partial charge on any atom is 1.00 e. The van der Waals surface area contributed by atoms with Crippen molar-refractivity contribution in [1.29, 1.82) is 0 Å². The van der Waals surface area contributed by atoms with Gasteiger partial charge in [0.15, 0.2) is 0 Å². The summed E-state index contributed by atoms with van der Waals surface area (Å²) in [4.78, 5) is 10.1. The van der Waals surface area contributed by atoms with E-state index in [1.54, 1.807) is 0 Å². The van der Waals surface area contributed by atoms with Crippen molar-refractivity contribution in [3.05, 3.63) is 11.8 Å². The van der Waals surface area contributed by atoms with E-state index in [1.807, 2.05) is 0 Å². The van der Waals surface area contributed by atoms with Gasteiger partial charge in [0.1, 0.15) is 5.97 Å². The SMILES string of the molecule is O.O=C([O-])C1(C(F)(F)F)OC(F)=C(C(F)(F)F)O1.[Na+]. The van der Waals surface area contributed by atoms with Crippen LogP contribution in [0.4, 0.5) is 30.7 Å². The number of aliphatic carboxylic acids is 1. The van der Waals surface area contributed by atoms with Crippen LogP contribution >= 0.6 is 0 Å². The van der Waals surface area contributed by atoms with E-state index in [0.717, 1.165) is 0 Å². The molecule has 0 aromatic carbocycles. The molecule has 1 unspecified atom stereocenters. The van der Waals surface area contributed by atoms with Crippen LogP contribution in [0.3, 0.4) is 0 Å². The number of rotatable bonds is 1. The molecule has 2 N–H and O–H groups in total. The van der Waals surface area contributed by atoms with Crippen molar-refractivity contribution < 1.29 is 85.1 Å². The number of carbonyl (C=O) groups excluding carboxylic acids is 1. The molecule has 1 aliphatic rings. The first kappa shape index (κ1) is 20.6. The summed E-state index contributed by atoms with van der Waals surface area (Å²) in [5, 5.41) is 10.1. The summed E-state index contributed by atoms with van der Waals surface area (Å²) in [5.74, 6) is -10.9. The summed E-state index contributed by atoms with van der Waals surface area (Å²) in [6.07, 6.45) is -11.6. The molecular formula is C6H2F7NaO5. The molecule has 5 nitrogen and oxygen atoms in total. The van der Waals surface area contributed by atoms with Crippen LogP contribution in [0, 0.1) is 0 Å². The van der Waals surface area contributed by atoms with Crippen LogP contribution in [0.25, 0.3) is 0 Å². The Balaban J connectivity index is 0. The van der Waals surface area contributed by atoms with E-state index in [-0.39, 0.29) is 35.0 Å². The fourth-order valence-corrected chi connectivity index (χ4v) is 0.861. The van der Waals surface area contributed by atoms with E-state index in [4.69, 9.17) is 0 Å². The molecule has 1 atom stereocenters. The summed E-state index contributed by atoms with van der Waals surface area (Å²) in [6, 6.07) is -2.83. The number of allylic oxidation sites excluding steroid dienone is 1. The van der Waals surface area contributed by atoms with Crippen LogP contribution < -0.4 is 34.7 Å². The quantitative estimate of drug-likeness (QED) is 0.379. The van der Waals surface area contributed by atoms with Gasteiger partial charge in [-0.3, -0.25) is 0 Å². The predicted octanol–water partition coefficient (Wildman–Crippen LogP) is -3.08. The molecule has 0 aliphatic carbocycles. The number of carboxylic acid groups (broad SMARTS) is 1. The Morgan fingerprint density at radius 2 is 1.53 bits per heavy atom. The second-order valence-corrected chi connectivity index (χ2v) is 2.71. The second kappa shape index (κ2) is 5.73. The number of halogens is 7. The van der Waals surface area contributed by atoms with Gasteiger partial charge < -0.3 is 24.9 Å². The van der Waals surface area contributed by atoms with Gasteiger partial charge in [-0.2, -0.15) is 30.7 Å². The predicted molar refractivity (Wildman–Crippen MR) is 33.8 cm³/mol. The van der Waals surface area contributed by atoms with E-state index < -0.39 is 35.9 Å². The molecule has 0 fully saturated rings. The normalized spacial score (nSPS) is 22.9. The van der Waals surface area contributed by atoms with Crippen LogP contribution in [-0.4, -0.2) is 29.6 Å². The van der Waals surface area contributed by atoms with Crippen LogP contribution in [0.1, 0.15) is 0 Å². The van der Waals surface area contributed by atoms with Crippen LogP contribution in [0.2, 0.25) is 0 Å². The summed E-state index contributed by atoms with van der Waals surface area (Å²) >= 11 is 0. The fraction of sp³-hybridized carbons (Fsp3) is 0.500. The first-order chi connectivity index (χ1) is 7.42. The molecule has 106 valence electrons. The summed E-state index contributed by atoms with van der Waals surface area (Å²) < 4.78 is 90.8. The van der Waals surface area contributed by atoms with Crippen molar-refractivity contribution in [1.82, 2.24) is 0 Å². The maximum absolute atomic E-state index is 12.5. The zero-order valence-corrected chi connectivity index (χ0v) is 10.8. The van der Waals surface area contributed by atoms with Crippen molar-refractivity contribution >= 4 is 5.97 Å². The average molecular weight is 310 g/mol. The van der Waals surface area contributed by atoms with Gasteiger partial charge in [-0.1, -0.05) is 0 Å². The number of ether oxygens (including phenoxy) is 2. The fourth-order valence-electron chi connectivity index (χ4n) is 0.861. The van der Waals surface area contributed by atoms with E-state index in [0.29, 0.717) is 0 Å². The molecule has 0 saturated heterocycles. The Kier molecular flexibility index (Phi) is 6.21. The minimum atomic E-state index is -5.96. The van der Waals surface area contributed by atoms with Gasteiger partial charge in [-0.25, -0.2) is 0 Å². The van der Waals surface area contributed by atoms with Crippen LogP contribution in [0.15, 0.2) is 11.8 Å². The zero-order valence-electron chi connectivity index (χ0n) is 8.78. The van der Waals surface area contributed by atoms with E-state index in [1.165, 1.54) is 0 Å².